The number of nitrogens with two attached hydrogens (primary N) is 1. The molecule has 2 heterocycles. The van der Waals surface area contributed by atoms with E-state index in [1.165, 1.54) is 0 Å². The van der Waals surface area contributed by atoms with Gasteiger partial charge in [0.15, 0.2) is 0 Å². The van der Waals surface area contributed by atoms with Gasteiger partial charge in [0.1, 0.15) is 0 Å². The van der Waals surface area contributed by atoms with Crippen LogP contribution in [0, 0.1) is 5.92 Å². The van der Waals surface area contributed by atoms with E-state index < -0.39 is 0 Å². The van der Waals surface area contributed by atoms with Crippen LogP contribution >= 0.6 is 12.4 Å². The Morgan fingerprint density at radius 3 is 2.88 bits per heavy atom. The summed E-state index contributed by atoms with van der Waals surface area (Å²) in [7, 11) is 0. The third kappa shape index (κ3) is 4.86. The minimum atomic E-state index is -0.189. The maximum Gasteiger partial charge on any atom is 0.323 e. The lowest BCUT2D eigenvalue weighted by molar-refractivity contribution is -0.133. The van der Waals surface area contributed by atoms with Crippen molar-refractivity contribution in [1.29, 1.82) is 0 Å². The van der Waals surface area contributed by atoms with Gasteiger partial charge >= 0.3 is 5.69 Å². The minimum absolute atomic E-state index is 0. The Balaban J connectivity index is 0.00000225. The van der Waals surface area contributed by atoms with Crippen molar-refractivity contribution in [1.82, 2.24) is 14.9 Å². The summed E-state index contributed by atoms with van der Waals surface area (Å²) in [4.78, 5) is 31.2. The van der Waals surface area contributed by atoms with E-state index >= 15 is 0 Å². The molecule has 1 amide bonds. The van der Waals surface area contributed by atoms with Crippen LogP contribution in [0.3, 0.4) is 0 Å². The molecule has 7 heteroatoms. The predicted molar refractivity (Wildman–Crippen MR) is 102 cm³/mol. The summed E-state index contributed by atoms with van der Waals surface area (Å²) in [6, 6.07) is 6.03. The van der Waals surface area contributed by atoms with E-state index in [4.69, 9.17) is 5.73 Å². The number of aryl methyl sites for hydroxylation is 1. The molecule has 2 aromatic rings. The van der Waals surface area contributed by atoms with Gasteiger partial charge in [-0.15, -0.1) is 12.4 Å². The number of halogens is 1. The number of hydrogen-bond acceptors (Lipinski definition) is 3. The molecule has 0 spiro atoms. The fourth-order valence-electron chi connectivity index (χ4n) is 3.50. The van der Waals surface area contributed by atoms with Crippen LogP contribution in [0.2, 0.25) is 0 Å². The second-order valence-electron chi connectivity index (χ2n) is 6.91. The number of rotatable bonds is 5. The molecule has 2 unspecified atom stereocenters. The number of aromatic nitrogens is 2. The molecule has 1 aromatic carbocycles. The second kappa shape index (κ2) is 8.54. The first-order chi connectivity index (χ1) is 11.5. The maximum absolute atomic E-state index is 12.4. The number of benzene rings is 1. The summed E-state index contributed by atoms with van der Waals surface area (Å²) >= 11 is 0. The maximum atomic E-state index is 12.4. The van der Waals surface area contributed by atoms with Crippen molar-refractivity contribution in [2.75, 3.05) is 13.1 Å². The molecule has 0 aliphatic carbocycles. The molecule has 3 rings (SSSR count). The van der Waals surface area contributed by atoms with Gasteiger partial charge in [0, 0.05) is 25.6 Å². The minimum Gasteiger partial charge on any atom is -0.342 e. The number of hydrogen-bond donors (Lipinski definition) is 3. The Morgan fingerprint density at radius 1 is 1.36 bits per heavy atom. The quantitative estimate of drug-likeness (QED) is 0.756. The van der Waals surface area contributed by atoms with Crippen LogP contribution in [0.4, 0.5) is 0 Å². The number of likely N-dealkylation sites (tertiary alicyclic amines) is 1. The smallest absolute Gasteiger partial charge is 0.323 e. The lowest BCUT2D eigenvalue weighted by Crippen LogP contribution is -2.45. The van der Waals surface area contributed by atoms with E-state index in [0.29, 0.717) is 12.3 Å². The van der Waals surface area contributed by atoms with Crippen molar-refractivity contribution in [3.8, 4) is 0 Å². The van der Waals surface area contributed by atoms with E-state index in [0.717, 1.165) is 55.4 Å². The van der Waals surface area contributed by atoms with E-state index in [1.54, 1.807) is 0 Å². The first-order valence-electron chi connectivity index (χ1n) is 8.77. The van der Waals surface area contributed by atoms with Crippen molar-refractivity contribution < 1.29 is 4.79 Å². The Hall–Kier alpha value is -1.79. The van der Waals surface area contributed by atoms with Gasteiger partial charge in [-0.25, -0.2) is 4.79 Å². The van der Waals surface area contributed by atoms with Crippen LogP contribution in [0.5, 0.6) is 0 Å². The highest BCUT2D eigenvalue weighted by atomic mass is 35.5. The van der Waals surface area contributed by atoms with Gasteiger partial charge in [0.2, 0.25) is 5.91 Å². The fourth-order valence-corrected chi connectivity index (χ4v) is 3.50. The molecule has 6 nitrogen and oxygen atoms in total. The van der Waals surface area contributed by atoms with Crippen molar-refractivity contribution in [2.45, 2.75) is 45.1 Å². The average Bonchev–Trinajstić information content (AvgIpc) is 2.94. The molecule has 0 radical (unpaired) electrons. The molecule has 4 N–H and O–H groups in total. The van der Waals surface area contributed by atoms with Gasteiger partial charge in [-0.1, -0.05) is 6.07 Å². The SMILES string of the molecule is CC(N)C1CCCN(C(=O)CCCc2ccc3[nH]c(=O)[nH]c3c2)C1.Cl. The summed E-state index contributed by atoms with van der Waals surface area (Å²) in [6.07, 6.45) is 4.39. The van der Waals surface area contributed by atoms with Crippen LogP contribution in [0.25, 0.3) is 11.0 Å². The van der Waals surface area contributed by atoms with Crippen molar-refractivity contribution >= 4 is 29.3 Å². The summed E-state index contributed by atoms with van der Waals surface area (Å²) in [5, 5.41) is 0. The Labute approximate surface area is 153 Å². The predicted octanol–water partition coefficient (Wildman–Crippen LogP) is 2.19. The molecule has 1 fully saturated rings. The normalized spacial score (nSPS) is 18.8. The van der Waals surface area contributed by atoms with Crippen LogP contribution in [0.15, 0.2) is 23.0 Å². The molecule has 1 saturated heterocycles. The van der Waals surface area contributed by atoms with Crippen molar-refractivity contribution in [2.24, 2.45) is 11.7 Å². The van der Waals surface area contributed by atoms with E-state index in [1.807, 2.05) is 30.0 Å². The number of H-pyrrole nitrogens is 2. The topological polar surface area (TPSA) is 95.0 Å². The molecule has 1 aromatic heterocycles. The summed E-state index contributed by atoms with van der Waals surface area (Å²) in [6.45, 7) is 3.69. The van der Waals surface area contributed by atoms with Crippen LogP contribution in [0.1, 0.15) is 38.2 Å². The Bertz CT molecular complexity index is 768. The van der Waals surface area contributed by atoms with Gasteiger partial charge < -0.3 is 20.6 Å². The van der Waals surface area contributed by atoms with Gasteiger partial charge in [0.05, 0.1) is 11.0 Å². The molecule has 1 aliphatic rings. The zero-order chi connectivity index (χ0) is 17.1. The van der Waals surface area contributed by atoms with Crippen molar-refractivity contribution in [3.63, 3.8) is 0 Å². The zero-order valence-electron chi connectivity index (χ0n) is 14.6. The molecular formula is C18H27ClN4O2. The highest BCUT2D eigenvalue weighted by Gasteiger charge is 2.25. The number of aromatic amines is 2. The number of amides is 1. The van der Waals surface area contributed by atoms with Gasteiger partial charge in [-0.05, 0) is 56.2 Å². The standard InChI is InChI=1S/C18H26N4O2.ClH/c1-12(19)14-5-3-9-22(11-14)17(23)6-2-4-13-7-8-15-16(10-13)21-18(24)20-15;/h7-8,10,12,14H,2-6,9,11,19H2,1H3,(H2,20,21,24);1H. The largest absolute Gasteiger partial charge is 0.342 e. The first kappa shape index (κ1) is 19.5. The number of piperidine rings is 1. The van der Waals surface area contributed by atoms with Crippen LogP contribution in [-0.4, -0.2) is 39.9 Å². The molecule has 0 bridgehead atoms. The summed E-state index contributed by atoms with van der Waals surface area (Å²) < 4.78 is 0. The molecule has 25 heavy (non-hydrogen) atoms. The number of carbonyl (C=O) groups excluding carboxylic acids is 1. The number of carbonyl (C=O) groups is 1. The van der Waals surface area contributed by atoms with E-state index in [-0.39, 0.29) is 30.0 Å². The molecular weight excluding hydrogens is 340 g/mol. The monoisotopic (exact) mass is 366 g/mol. The highest BCUT2D eigenvalue weighted by Crippen LogP contribution is 2.20. The molecule has 1 aliphatic heterocycles. The number of nitrogens with one attached hydrogen (secondary N) is 2. The second-order valence-corrected chi connectivity index (χ2v) is 6.91. The number of imidazole rings is 1. The Morgan fingerprint density at radius 2 is 2.12 bits per heavy atom. The Kier molecular flexibility index (Phi) is 6.67. The summed E-state index contributed by atoms with van der Waals surface area (Å²) in [5.74, 6) is 0.659. The fraction of sp³-hybridized carbons (Fsp3) is 0.556. The number of nitrogens with zero attached hydrogens (tertiary/aromatic N) is 1. The number of fused-ring (bicyclic) bond motifs is 1. The van der Waals surface area contributed by atoms with Crippen LogP contribution < -0.4 is 11.4 Å². The zero-order valence-corrected chi connectivity index (χ0v) is 15.4. The van der Waals surface area contributed by atoms with Crippen LogP contribution in [-0.2, 0) is 11.2 Å². The van der Waals surface area contributed by atoms with E-state index in [9.17, 15) is 9.59 Å². The van der Waals surface area contributed by atoms with E-state index in [2.05, 4.69) is 9.97 Å². The molecule has 0 saturated carbocycles. The molecule has 2 atom stereocenters. The average molecular weight is 367 g/mol. The third-order valence-electron chi connectivity index (χ3n) is 4.99. The van der Waals surface area contributed by atoms with Gasteiger partial charge in [0.25, 0.3) is 0 Å². The lowest BCUT2D eigenvalue weighted by atomic mass is 9.92. The molecule has 138 valence electrons. The third-order valence-corrected chi connectivity index (χ3v) is 4.99. The van der Waals surface area contributed by atoms with Crippen molar-refractivity contribution in [3.05, 3.63) is 34.2 Å². The first-order valence-corrected chi connectivity index (χ1v) is 8.77. The summed E-state index contributed by atoms with van der Waals surface area (Å²) in [5.41, 5.74) is 8.57. The lowest BCUT2D eigenvalue weighted by Gasteiger charge is -2.34. The van der Waals surface area contributed by atoms with Gasteiger partial charge in [-0.2, -0.15) is 0 Å². The highest BCUT2D eigenvalue weighted by molar-refractivity contribution is 5.85. The van der Waals surface area contributed by atoms with Gasteiger partial charge in [-0.3, -0.25) is 4.79 Å².